The summed E-state index contributed by atoms with van der Waals surface area (Å²) in [5.74, 6) is 1.28. The van der Waals surface area contributed by atoms with Crippen LogP contribution in [0.3, 0.4) is 0 Å². The number of ether oxygens (including phenoxy) is 1. The van der Waals surface area contributed by atoms with Gasteiger partial charge >= 0.3 is 5.97 Å². The Balaban J connectivity index is 1.59. The smallest absolute Gasteiger partial charge is 0.338 e. The van der Waals surface area contributed by atoms with Crippen molar-refractivity contribution >= 4 is 17.6 Å². The van der Waals surface area contributed by atoms with Crippen LogP contribution in [0.15, 0.2) is 65.1 Å². The van der Waals surface area contributed by atoms with E-state index in [9.17, 15) is 4.79 Å². The minimum absolute atomic E-state index is 0.317. The second-order valence-corrected chi connectivity index (χ2v) is 6.17. The summed E-state index contributed by atoms with van der Waals surface area (Å²) in [5, 5.41) is 4.07. The molecule has 26 heavy (non-hydrogen) atoms. The van der Waals surface area contributed by atoms with Crippen LogP contribution in [0.25, 0.3) is 11.3 Å². The summed E-state index contributed by atoms with van der Waals surface area (Å²) in [6.07, 6.45) is 0. The summed E-state index contributed by atoms with van der Waals surface area (Å²) < 4.78 is 10.9. The van der Waals surface area contributed by atoms with E-state index in [-0.39, 0.29) is 5.97 Å². The van der Waals surface area contributed by atoms with Gasteiger partial charge in [-0.05, 0) is 42.8 Å². The molecule has 0 aliphatic carbocycles. The Morgan fingerprint density at radius 2 is 1.81 bits per heavy atom. The standard InChI is InChI=1S/C21H20ClNO3/c1-2-25-21(24)16-9-7-15(8-10-16)20-12-11-18(26-20)14-23-13-17-5-3-4-6-19(17)22/h3-12,23H,2,13-14H2,1H3. The monoisotopic (exact) mass is 369 g/mol. The van der Waals surface area contributed by atoms with Gasteiger partial charge in [0.2, 0.25) is 0 Å². The van der Waals surface area contributed by atoms with Gasteiger partial charge in [-0.3, -0.25) is 0 Å². The van der Waals surface area contributed by atoms with Crippen molar-refractivity contribution in [2.24, 2.45) is 0 Å². The second kappa shape index (κ2) is 8.70. The van der Waals surface area contributed by atoms with Gasteiger partial charge in [-0.15, -0.1) is 0 Å². The van der Waals surface area contributed by atoms with Crippen LogP contribution in [-0.2, 0) is 17.8 Å². The van der Waals surface area contributed by atoms with Crippen molar-refractivity contribution in [3.8, 4) is 11.3 Å². The normalized spacial score (nSPS) is 10.7. The fourth-order valence-electron chi connectivity index (χ4n) is 2.58. The molecule has 0 unspecified atom stereocenters. The number of hydrogen-bond donors (Lipinski definition) is 1. The first kappa shape index (κ1) is 18.2. The first-order chi connectivity index (χ1) is 12.7. The van der Waals surface area contributed by atoms with E-state index in [1.165, 1.54) is 0 Å². The molecule has 0 bridgehead atoms. The fourth-order valence-corrected chi connectivity index (χ4v) is 2.78. The van der Waals surface area contributed by atoms with Gasteiger partial charge in [-0.2, -0.15) is 0 Å². The quantitative estimate of drug-likeness (QED) is 0.591. The maximum atomic E-state index is 11.7. The molecule has 5 heteroatoms. The first-order valence-corrected chi connectivity index (χ1v) is 8.85. The third-order valence-corrected chi connectivity index (χ3v) is 4.28. The highest BCUT2D eigenvalue weighted by Crippen LogP contribution is 2.23. The van der Waals surface area contributed by atoms with Gasteiger partial charge in [-0.1, -0.05) is 41.9 Å². The molecule has 0 fully saturated rings. The lowest BCUT2D eigenvalue weighted by atomic mass is 10.1. The number of benzene rings is 2. The van der Waals surface area contributed by atoms with Crippen LogP contribution >= 0.6 is 11.6 Å². The molecule has 0 aliphatic heterocycles. The lowest BCUT2D eigenvalue weighted by Gasteiger charge is -2.05. The molecule has 4 nitrogen and oxygen atoms in total. The van der Waals surface area contributed by atoms with Crippen molar-refractivity contribution < 1.29 is 13.9 Å². The van der Waals surface area contributed by atoms with Gasteiger partial charge in [0.25, 0.3) is 0 Å². The van der Waals surface area contributed by atoms with Crippen LogP contribution in [0.1, 0.15) is 28.6 Å². The summed E-state index contributed by atoms with van der Waals surface area (Å²) in [7, 11) is 0. The number of nitrogens with one attached hydrogen (secondary N) is 1. The average molecular weight is 370 g/mol. The van der Waals surface area contributed by atoms with Crippen molar-refractivity contribution in [2.75, 3.05) is 6.61 Å². The highest BCUT2D eigenvalue weighted by atomic mass is 35.5. The van der Waals surface area contributed by atoms with Crippen molar-refractivity contribution in [1.29, 1.82) is 0 Å². The van der Waals surface area contributed by atoms with Gasteiger partial charge in [0.1, 0.15) is 11.5 Å². The predicted octanol–water partition coefficient (Wildman–Crippen LogP) is 5.07. The molecule has 1 N–H and O–H groups in total. The van der Waals surface area contributed by atoms with Gasteiger partial charge in [0.15, 0.2) is 0 Å². The van der Waals surface area contributed by atoms with Crippen LogP contribution in [0.5, 0.6) is 0 Å². The third kappa shape index (κ3) is 4.54. The predicted molar refractivity (Wildman–Crippen MR) is 102 cm³/mol. The van der Waals surface area contributed by atoms with E-state index in [4.69, 9.17) is 20.8 Å². The molecule has 2 aromatic carbocycles. The van der Waals surface area contributed by atoms with Crippen LogP contribution in [0, 0.1) is 0 Å². The lowest BCUT2D eigenvalue weighted by molar-refractivity contribution is 0.0526. The number of carbonyl (C=O) groups is 1. The molecule has 0 amide bonds. The summed E-state index contributed by atoms with van der Waals surface area (Å²) in [4.78, 5) is 11.7. The molecule has 3 aromatic rings. The molecule has 0 spiro atoms. The Hall–Kier alpha value is -2.56. The molecule has 0 aliphatic rings. The number of rotatable bonds is 7. The number of furan rings is 1. The minimum Gasteiger partial charge on any atom is -0.462 e. The van der Waals surface area contributed by atoms with E-state index >= 15 is 0 Å². The summed E-state index contributed by atoms with van der Waals surface area (Å²) in [6.45, 7) is 3.43. The van der Waals surface area contributed by atoms with Crippen molar-refractivity contribution in [3.63, 3.8) is 0 Å². The Bertz CT molecular complexity index is 871. The van der Waals surface area contributed by atoms with Gasteiger partial charge in [-0.25, -0.2) is 4.79 Å². The van der Waals surface area contributed by atoms with E-state index < -0.39 is 0 Å². The van der Waals surface area contributed by atoms with Crippen LogP contribution in [0.2, 0.25) is 5.02 Å². The summed E-state index contributed by atoms with van der Waals surface area (Å²) in [5.41, 5.74) is 2.50. The Morgan fingerprint density at radius 3 is 2.54 bits per heavy atom. The van der Waals surface area contributed by atoms with E-state index in [0.29, 0.717) is 25.3 Å². The Kier molecular flexibility index (Phi) is 6.10. The second-order valence-electron chi connectivity index (χ2n) is 5.76. The molecule has 3 rings (SSSR count). The maximum Gasteiger partial charge on any atom is 0.338 e. The van der Waals surface area contributed by atoms with E-state index in [1.54, 1.807) is 19.1 Å². The maximum absolute atomic E-state index is 11.7. The van der Waals surface area contributed by atoms with Gasteiger partial charge < -0.3 is 14.5 Å². The lowest BCUT2D eigenvalue weighted by Crippen LogP contribution is -2.12. The third-order valence-electron chi connectivity index (χ3n) is 3.91. The molecule has 0 radical (unpaired) electrons. The number of esters is 1. The van der Waals surface area contributed by atoms with E-state index in [1.807, 2.05) is 48.5 Å². The van der Waals surface area contributed by atoms with Gasteiger partial charge in [0, 0.05) is 17.1 Å². The number of hydrogen-bond acceptors (Lipinski definition) is 4. The molecule has 1 aromatic heterocycles. The summed E-state index contributed by atoms with van der Waals surface area (Å²) >= 11 is 6.15. The van der Waals surface area contributed by atoms with Crippen LogP contribution in [0.4, 0.5) is 0 Å². The molecular weight excluding hydrogens is 350 g/mol. The molecule has 1 heterocycles. The zero-order valence-corrected chi connectivity index (χ0v) is 15.3. The Labute approximate surface area is 157 Å². The molecule has 0 saturated heterocycles. The van der Waals surface area contributed by atoms with E-state index in [0.717, 1.165) is 27.7 Å². The van der Waals surface area contributed by atoms with Crippen molar-refractivity contribution in [2.45, 2.75) is 20.0 Å². The van der Waals surface area contributed by atoms with Crippen LogP contribution in [-0.4, -0.2) is 12.6 Å². The molecule has 0 atom stereocenters. The summed E-state index contributed by atoms with van der Waals surface area (Å²) in [6, 6.07) is 18.8. The number of carbonyl (C=O) groups excluding carboxylic acids is 1. The minimum atomic E-state index is -0.317. The van der Waals surface area contributed by atoms with Gasteiger partial charge in [0.05, 0.1) is 18.7 Å². The largest absolute Gasteiger partial charge is 0.462 e. The van der Waals surface area contributed by atoms with Crippen molar-refractivity contribution in [1.82, 2.24) is 5.32 Å². The van der Waals surface area contributed by atoms with E-state index in [2.05, 4.69) is 5.32 Å². The zero-order valence-electron chi connectivity index (χ0n) is 14.5. The van der Waals surface area contributed by atoms with Crippen molar-refractivity contribution in [3.05, 3.63) is 82.6 Å². The Morgan fingerprint density at radius 1 is 1.04 bits per heavy atom. The first-order valence-electron chi connectivity index (χ1n) is 8.47. The van der Waals surface area contributed by atoms with Crippen LogP contribution < -0.4 is 5.32 Å². The topological polar surface area (TPSA) is 51.5 Å². The highest BCUT2D eigenvalue weighted by molar-refractivity contribution is 6.31. The highest BCUT2D eigenvalue weighted by Gasteiger charge is 2.09. The SMILES string of the molecule is CCOC(=O)c1ccc(-c2ccc(CNCc3ccccc3Cl)o2)cc1. The molecule has 0 saturated carbocycles. The zero-order chi connectivity index (χ0) is 18.4. The average Bonchev–Trinajstić information content (AvgIpc) is 3.13. The molecule has 134 valence electrons. The number of halogens is 1. The molecular formula is C21H20ClNO3. The fraction of sp³-hybridized carbons (Fsp3) is 0.190.